The van der Waals surface area contributed by atoms with E-state index in [1.165, 1.54) is 0 Å². The Balaban J connectivity index is 1.59. The van der Waals surface area contributed by atoms with Crippen LogP contribution in [0.2, 0.25) is 0 Å². The van der Waals surface area contributed by atoms with E-state index >= 15 is 0 Å². The van der Waals surface area contributed by atoms with Crippen LogP contribution in [0.5, 0.6) is 0 Å². The molecule has 4 rings (SSSR count). The zero-order chi connectivity index (χ0) is 17.9. The molecule has 5 nitrogen and oxygen atoms in total. The molecule has 130 valence electrons. The van der Waals surface area contributed by atoms with Crippen molar-refractivity contribution in [3.63, 3.8) is 0 Å². The van der Waals surface area contributed by atoms with Crippen LogP contribution < -0.4 is 5.32 Å². The molecule has 0 aromatic carbocycles. The van der Waals surface area contributed by atoms with Gasteiger partial charge >= 0.3 is 0 Å². The lowest BCUT2D eigenvalue weighted by atomic mass is 10.1. The molecule has 0 saturated carbocycles. The van der Waals surface area contributed by atoms with E-state index in [0.717, 1.165) is 27.0 Å². The van der Waals surface area contributed by atoms with Gasteiger partial charge in [-0.05, 0) is 48.2 Å². The van der Waals surface area contributed by atoms with Gasteiger partial charge in [-0.2, -0.15) is 0 Å². The zero-order valence-electron chi connectivity index (χ0n) is 14.3. The molecule has 1 unspecified atom stereocenters. The first-order valence-electron chi connectivity index (χ1n) is 8.39. The summed E-state index contributed by atoms with van der Waals surface area (Å²) in [6, 6.07) is 11.8. The number of nitrogens with zero attached hydrogens (tertiary/aromatic N) is 3. The number of hydrogen-bond acceptors (Lipinski definition) is 4. The first-order valence-corrected chi connectivity index (χ1v) is 9.27. The van der Waals surface area contributed by atoms with Crippen molar-refractivity contribution in [2.45, 2.75) is 19.5 Å². The minimum atomic E-state index is -0.0674. The number of nitrogens with one attached hydrogen (secondary N) is 1. The quantitative estimate of drug-likeness (QED) is 0.583. The highest BCUT2D eigenvalue weighted by atomic mass is 32.1. The number of carbonyl (C=O) groups excluding carboxylic acids is 1. The van der Waals surface area contributed by atoms with Crippen molar-refractivity contribution in [2.24, 2.45) is 0 Å². The van der Waals surface area contributed by atoms with E-state index in [1.807, 2.05) is 59.6 Å². The van der Waals surface area contributed by atoms with Gasteiger partial charge in [-0.3, -0.25) is 14.8 Å². The lowest BCUT2D eigenvalue weighted by molar-refractivity contribution is -0.122. The SMILES string of the molecule is CC(NC(=O)Cn1ccc2ccnc(-c3cccs3)c21)c1ccncc1. The van der Waals surface area contributed by atoms with E-state index in [4.69, 9.17) is 0 Å². The minimum absolute atomic E-state index is 0.0344. The van der Waals surface area contributed by atoms with Gasteiger partial charge in [0.2, 0.25) is 5.91 Å². The summed E-state index contributed by atoms with van der Waals surface area (Å²) < 4.78 is 1.96. The average Bonchev–Trinajstić information content (AvgIpc) is 3.33. The summed E-state index contributed by atoms with van der Waals surface area (Å²) in [6.45, 7) is 2.22. The maximum Gasteiger partial charge on any atom is 0.240 e. The van der Waals surface area contributed by atoms with Gasteiger partial charge in [0.05, 0.1) is 16.4 Å². The summed E-state index contributed by atoms with van der Waals surface area (Å²) in [7, 11) is 0. The van der Waals surface area contributed by atoms with E-state index in [1.54, 1.807) is 23.7 Å². The summed E-state index contributed by atoms with van der Waals surface area (Å²) in [5.74, 6) is -0.0344. The van der Waals surface area contributed by atoms with Gasteiger partial charge in [0.25, 0.3) is 0 Å². The predicted molar refractivity (Wildman–Crippen MR) is 104 cm³/mol. The number of hydrogen-bond donors (Lipinski definition) is 1. The monoisotopic (exact) mass is 362 g/mol. The summed E-state index contributed by atoms with van der Waals surface area (Å²) in [4.78, 5) is 22.2. The van der Waals surface area contributed by atoms with Crippen molar-refractivity contribution >= 4 is 28.1 Å². The Morgan fingerprint density at radius 2 is 2.04 bits per heavy atom. The fraction of sp³-hybridized carbons (Fsp3) is 0.150. The minimum Gasteiger partial charge on any atom is -0.348 e. The van der Waals surface area contributed by atoms with Gasteiger partial charge < -0.3 is 9.88 Å². The Kier molecular flexibility index (Phi) is 4.50. The van der Waals surface area contributed by atoms with Crippen LogP contribution >= 0.6 is 11.3 Å². The first-order chi connectivity index (χ1) is 12.7. The van der Waals surface area contributed by atoms with E-state index < -0.39 is 0 Å². The molecule has 4 heterocycles. The normalized spacial score (nSPS) is 12.2. The molecule has 6 heteroatoms. The number of aromatic nitrogens is 3. The molecule has 1 N–H and O–H groups in total. The lowest BCUT2D eigenvalue weighted by Gasteiger charge is -2.15. The molecular formula is C20H18N4OS. The third-order valence-electron chi connectivity index (χ3n) is 4.33. The standard InChI is InChI=1S/C20H18N4OS/c1-14(15-4-8-21-9-5-15)23-18(25)13-24-11-7-16-6-10-22-19(20(16)24)17-3-2-12-26-17/h2-12,14H,13H2,1H3,(H,23,25). The molecule has 4 aromatic heterocycles. The molecule has 0 fully saturated rings. The number of thiophene rings is 1. The van der Waals surface area contributed by atoms with Crippen LogP contribution in [0.3, 0.4) is 0 Å². The van der Waals surface area contributed by atoms with Crippen molar-refractivity contribution in [3.8, 4) is 10.6 Å². The second-order valence-corrected chi connectivity index (χ2v) is 7.04. The smallest absolute Gasteiger partial charge is 0.240 e. The van der Waals surface area contributed by atoms with Crippen LogP contribution in [-0.2, 0) is 11.3 Å². The van der Waals surface area contributed by atoms with Gasteiger partial charge in [0.1, 0.15) is 12.2 Å². The molecular weight excluding hydrogens is 344 g/mol. The molecule has 0 aliphatic heterocycles. The fourth-order valence-corrected chi connectivity index (χ4v) is 3.77. The van der Waals surface area contributed by atoms with Gasteiger partial charge in [-0.25, -0.2) is 0 Å². The summed E-state index contributed by atoms with van der Waals surface area (Å²) >= 11 is 1.65. The molecule has 0 spiro atoms. The zero-order valence-corrected chi connectivity index (χ0v) is 15.1. The Morgan fingerprint density at radius 1 is 1.19 bits per heavy atom. The van der Waals surface area contributed by atoms with Crippen LogP contribution in [0.15, 0.2) is 66.6 Å². The van der Waals surface area contributed by atoms with E-state index in [0.29, 0.717) is 0 Å². The van der Waals surface area contributed by atoms with Gasteiger partial charge in [0, 0.05) is 30.2 Å². The number of carbonyl (C=O) groups is 1. The average molecular weight is 362 g/mol. The number of amides is 1. The Labute approximate surface area is 155 Å². The van der Waals surface area contributed by atoms with Crippen molar-refractivity contribution in [1.82, 2.24) is 19.9 Å². The van der Waals surface area contributed by atoms with Crippen LogP contribution in [0, 0.1) is 0 Å². The second kappa shape index (κ2) is 7.09. The van der Waals surface area contributed by atoms with E-state index in [9.17, 15) is 4.79 Å². The van der Waals surface area contributed by atoms with Gasteiger partial charge in [0.15, 0.2) is 0 Å². The Morgan fingerprint density at radius 3 is 2.81 bits per heavy atom. The molecule has 0 aliphatic rings. The van der Waals surface area contributed by atoms with Crippen LogP contribution in [0.25, 0.3) is 21.5 Å². The van der Waals surface area contributed by atoms with Crippen LogP contribution in [0.4, 0.5) is 0 Å². The van der Waals surface area contributed by atoms with Gasteiger partial charge in [-0.1, -0.05) is 6.07 Å². The molecule has 0 bridgehead atoms. The molecule has 0 saturated heterocycles. The van der Waals surface area contributed by atoms with Crippen molar-refractivity contribution in [3.05, 3.63) is 72.1 Å². The molecule has 0 aliphatic carbocycles. The molecule has 26 heavy (non-hydrogen) atoms. The Hall–Kier alpha value is -2.99. The topological polar surface area (TPSA) is 59.8 Å². The van der Waals surface area contributed by atoms with Gasteiger partial charge in [-0.15, -0.1) is 11.3 Å². The first kappa shape index (κ1) is 16.5. The highest BCUT2D eigenvalue weighted by Crippen LogP contribution is 2.30. The third-order valence-corrected chi connectivity index (χ3v) is 5.21. The van der Waals surface area contributed by atoms with Crippen molar-refractivity contribution in [1.29, 1.82) is 0 Å². The number of pyridine rings is 2. The fourth-order valence-electron chi connectivity index (χ4n) is 3.05. The summed E-state index contributed by atoms with van der Waals surface area (Å²) in [6.07, 6.45) is 7.22. The third kappa shape index (κ3) is 3.23. The van der Waals surface area contributed by atoms with Crippen LogP contribution in [-0.4, -0.2) is 20.4 Å². The maximum absolute atomic E-state index is 12.6. The molecule has 0 radical (unpaired) electrons. The number of fused-ring (bicyclic) bond motifs is 1. The summed E-state index contributed by atoms with van der Waals surface area (Å²) in [5.41, 5.74) is 2.94. The summed E-state index contributed by atoms with van der Waals surface area (Å²) in [5, 5.41) is 6.16. The highest BCUT2D eigenvalue weighted by molar-refractivity contribution is 7.13. The number of rotatable bonds is 5. The molecule has 4 aromatic rings. The highest BCUT2D eigenvalue weighted by Gasteiger charge is 2.14. The van der Waals surface area contributed by atoms with Crippen LogP contribution in [0.1, 0.15) is 18.5 Å². The van der Waals surface area contributed by atoms with Crippen molar-refractivity contribution in [2.75, 3.05) is 0 Å². The maximum atomic E-state index is 12.6. The second-order valence-electron chi connectivity index (χ2n) is 6.09. The Bertz CT molecular complexity index is 1020. The van der Waals surface area contributed by atoms with E-state index in [2.05, 4.69) is 21.4 Å². The van der Waals surface area contributed by atoms with E-state index in [-0.39, 0.29) is 18.5 Å². The predicted octanol–water partition coefficient (Wildman–Crippen LogP) is 4.04. The van der Waals surface area contributed by atoms with Crippen molar-refractivity contribution < 1.29 is 4.79 Å². The lowest BCUT2D eigenvalue weighted by Crippen LogP contribution is -2.30. The molecule has 1 amide bonds. The largest absolute Gasteiger partial charge is 0.348 e. The molecule has 1 atom stereocenters.